The van der Waals surface area contributed by atoms with E-state index < -0.39 is 12.1 Å². The lowest BCUT2D eigenvalue weighted by atomic mass is 9.92. The zero-order valence-corrected chi connectivity index (χ0v) is 20.6. The Labute approximate surface area is 216 Å². The summed E-state index contributed by atoms with van der Waals surface area (Å²) >= 11 is 0. The quantitative estimate of drug-likeness (QED) is 0.513. The van der Waals surface area contributed by atoms with Crippen LogP contribution in [0.15, 0.2) is 36.8 Å². The first-order valence-corrected chi connectivity index (χ1v) is 12.1. The van der Waals surface area contributed by atoms with E-state index in [1.807, 2.05) is 11.0 Å². The van der Waals surface area contributed by atoms with E-state index in [4.69, 9.17) is 5.73 Å². The molecule has 2 aromatic heterocycles. The van der Waals surface area contributed by atoms with E-state index in [0.717, 1.165) is 23.5 Å². The molecular formula is C25H26F3N7O3. The Morgan fingerprint density at radius 2 is 1.84 bits per heavy atom. The predicted molar refractivity (Wildman–Crippen MR) is 133 cm³/mol. The number of halogens is 3. The molecule has 0 aliphatic carbocycles. The molecule has 0 radical (unpaired) electrons. The summed E-state index contributed by atoms with van der Waals surface area (Å²) in [5.74, 6) is -0.728. The van der Waals surface area contributed by atoms with Crippen molar-refractivity contribution in [3.8, 4) is 5.75 Å². The van der Waals surface area contributed by atoms with Crippen LogP contribution in [0.4, 0.5) is 24.5 Å². The zero-order chi connectivity index (χ0) is 27.0. The van der Waals surface area contributed by atoms with Gasteiger partial charge in [-0.2, -0.15) is 0 Å². The second-order valence-corrected chi connectivity index (χ2v) is 9.42. The zero-order valence-electron chi connectivity index (χ0n) is 20.6. The molecule has 5 rings (SSSR count). The Kier molecular flexibility index (Phi) is 6.67. The van der Waals surface area contributed by atoms with E-state index >= 15 is 0 Å². The SMILES string of the molecule is CN1CCN(c2cnc3c(C4CCN(C(=O)c5ccc(OC(F)(F)F)cc5N)CC4)ncnc3c2)CC1=O. The number of likely N-dealkylation sites (tertiary alicyclic amines) is 1. The molecule has 0 bridgehead atoms. The van der Waals surface area contributed by atoms with Crippen LogP contribution in [-0.2, 0) is 4.79 Å². The number of benzene rings is 1. The molecular weight excluding hydrogens is 503 g/mol. The number of anilines is 2. The molecule has 38 heavy (non-hydrogen) atoms. The molecule has 4 heterocycles. The first-order chi connectivity index (χ1) is 18.1. The summed E-state index contributed by atoms with van der Waals surface area (Å²) in [7, 11) is 1.79. The lowest BCUT2D eigenvalue weighted by Crippen LogP contribution is -2.48. The second kappa shape index (κ2) is 9.95. The summed E-state index contributed by atoms with van der Waals surface area (Å²) in [6, 6.07) is 5.24. The number of rotatable bonds is 4. The van der Waals surface area contributed by atoms with Crippen LogP contribution in [0.5, 0.6) is 5.75 Å². The molecule has 2 amide bonds. The maximum atomic E-state index is 13.0. The number of likely N-dealkylation sites (N-methyl/N-ethyl adjacent to an activating group) is 1. The highest BCUT2D eigenvalue weighted by Crippen LogP contribution is 2.33. The summed E-state index contributed by atoms with van der Waals surface area (Å²) in [6.07, 6.45) is -0.347. The molecule has 0 unspecified atom stereocenters. The normalized spacial score (nSPS) is 17.3. The Morgan fingerprint density at radius 1 is 1.08 bits per heavy atom. The molecule has 0 saturated carbocycles. The molecule has 2 N–H and O–H groups in total. The number of hydrogen-bond acceptors (Lipinski definition) is 8. The van der Waals surface area contributed by atoms with Gasteiger partial charge in [-0.05, 0) is 31.0 Å². The van der Waals surface area contributed by atoms with Gasteiger partial charge >= 0.3 is 6.36 Å². The van der Waals surface area contributed by atoms with E-state index in [-0.39, 0.29) is 35.5 Å². The summed E-state index contributed by atoms with van der Waals surface area (Å²) in [6.45, 7) is 2.49. The summed E-state index contributed by atoms with van der Waals surface area (Å²) in [4.78, 5) is 44.0. The number of nitrogens with zero attached hydrogens (tertiary/aromatic N) is 6. The highest BCUT2D eigenvalue weighted by molar-refractivity contribution is 5.99. The number of alkyl halides is 3. The molecule has 10 nitrogen and oxygen atoms in total. The molecule has 200 valence electrons. The van der Waals surface area contributed by atoms with Crippen molar-refractivity contribution in [2.24, 2.45) is 0 Å². The van der Waals surface area contributed by atoms with Gasteiger partial charge < -0.3 is 25.2 Å². The third kappa shape index (κ3) is 5.27. The van der Waals surface area contributed by atoms with Gasteiger partial charge in [0.1, 0.15) is 17.6 Å². The number of piperazine rings is 1. The van der Waals surface area contributed by atoms with Gasteiger partial charge in [-0.15, -0.1) is 13.2 Å². The monoisotopic (exact) mass is 529 g/mol. The lowest BCUT2D eigenvalue weighted by Gasteiger charge is -2.33. The standard InChI is InChI=1S/C25H26F3N7O3/c1-33-8-9-35(13-21(33)36)16-10-20-23(30-12-16)22(32-14-31-20)15-4-6-34(7-5-15)24(37)18-3-2-17(11-19(18)29)38-25(26,27)28/h2-3,10-12,14-15H,4-9,13,29H2,1H3. The minimum atomic E-state index is -4.84. The molecule has 2 saturated heterocycles. The van der Waals surface area contributed by atoms with Crippen LogP contribution in [-0.4, -0.2) is 82.7 Å². The molecule has 2 aliphatic heterocycles. The van der Waals surface area contributed by atoms with Crippen LogP contribution in [0.25, 0.3) is 11.0 Å². The van der Waals surface area contributed by atoms with E-state index in [1.54, 1.807) is 23.0 Å². The van der Waals surface area contributed by atoms with Crippen molar-refractivity contribution in [2.75, 3.05) is 50.4 Å². The van der Waals surface area contributed by atoms with Gasteiger partial charge in [0.2, 0.25) is 5.91 Å². The summed E-state index contributed by atoms with van der Waals surface area (Å²) in [5, 5.41) is 0. The Balaban J connectivity index is 1.27. The largest absolute Gasteiger partial charge is 0.573 e. The van der Waals surface area contributed by atoms with Crippen molar-refractivity contribution in [1.82, 2.24) is 24.8 Å². The number of fused-ring (bicyclic) bond motifs is 1. The number of amides is 2. The third-order valence-electron chi connectivity index (χ3n) is 6.97. The Morgan fingerprint density at radius 3 is 2.53 bits per heavy atom. The average Bonchev–Trinajstić information content (AvgIpc) is 2.88. The number of nitrogen functional groups attached to an aromatic ring is 1. The van der Waals surface area contributed by atoms with Crippen LogP contribution in [0, 0.1) is 0 Å². The molecule has 2 fully saturated rings. The smallest absolute Gasteiger partial charge is 0.406 e. The summed E-state index contributed by atoms with van der Waals surface area (Å²) in [5.41, 5.74) is 8.91. The number of aromatic nitrogens is 3. The van der Waals surface area contributed by atoms with Crippen molar-refractivity contribution in [2.45, 2.75) is 25.1 Å². The highest BCUT2D eigenvalue weighted by Gasteiger charge is 2.32. The van der Waals surface area contributed by atoms with E-state index in [1.165, 1.54) is 12.4 Å². The van der Waals surface area contributed by atoms with Crippen LogP contribution in [0.1, 0.15) is 34.8 Å². The van der Waals surface area contributed by atoms with Crippen LogP contribution in [0.3, 0.4) is 0 Å². The fourth-order valence-electron chi connectivity index (χ4n) is 4.86. The topological polar surface area (TPSA) is 118 Å². The molecule has 2 aliphatic rings. The van der Waals surface area contributed by atoms with E-state index in [0.29, 0.717) is 50.1 Å². The fraction of sp³-hybridized carbons (Fsp3) is 0.400. The second-order valence-electron chi connectivity index (χ2n) is 9.42. The van der Waals surface area contributed by atoms with Gasteiger partial charge in [0, 0.05) is 50.9 Å². The Bertz CT molecular complexity index is 1380. The van der Waals surface area contributed by atoms with Gasteiger partial charge in [0.05, 0.1) is 35.2 Å². The maximum Gasteiger partial charge on any atom is 0.573 e. The highest BCUT2D eigenvalue weighted by atomic mass is 19.4. The number of hydrogen-bond donors (Lipinski definition) is 1. The molecule has 3 aromatic rings. The van der Waals surface area contributed by atoms with Crippen LogP contribution >= 0.6 is 0 Å². The van der Waals surface area contributed by atoms with Crippen molar-refractivity contribution >= 4 is 34.2 Å². The van der Waals surface area contributed by atoms with Crippen molar-refractivity contribution in [3.05, 3.63) is 48.0 Å². The number of ether oxygens (including phenoxy) is 1. The van der Waals surface area contributed by atoms with Crippen molar-refractivity contribution in [3.63, 3.8) is 0 Å². The van der Waals surface area contributed by atoms with E-state index in [2.05, 4.69) is 19.7 Å². The number of carbonyl (C=O) groups excluding carboxylic acids is 2. The van der Waals surface area contributed by atoms with Crippen LogP contribution in [0.2, 0.25) is 0 Å². The Hall–Kier alpha value is -4.16. The third-order valence-corrected chi connectivity index (χ3v) is 6.97. The fourth-order valence-corrected chi connectivity index (χ4v) is 4.86. The predicted octanol–water partition coefficient (Wildman–Crippen LogP) is 2.80. The number of piperidine rings is 1. The first-order valence-electron chi connectivity index (χ1n) is 12.1. The molecule has 1 aromatic carbocycles. The lowest BCUT2D eigenvalue weighted by molar-refractivity contribution is -0.274. The minimum absolute atomic E-state index is 0.0491. The number of carbonyl (C=O) groups is 2. The van der Waals surface area contributed by atoms with Gasteiger partial charge in [0.15, 0.2) is 0 Å². The van der Waals surface area contributed by atoms with Crippen molar-refractivity contribution in [1.29, 1.82) is 0 Å². The molecule has 13 heteroatoms. The van der Waals surface area contributed by atoms with E-state index in [9.17, 15) is 22.8 Å². The van der Waals surface area contributed by atoms with Gasteiger partial charge in [0.25, 0.3) is 5.91 Å². The number of nitrogens with two attached hydrogens (primary N) is 1. The summed E-state index contributed by atoms with van der Waals surface area (Å²) < 4.78 is 41.3. The van der Waals surface area contributed by atoms with Gasteiger partial charge in [-0.1, -0.05) is 0 Å². The van der Waals surface area contributed by atoms with Crippen molar-refractivity contribution < 1.29 is 27.5 Å². The van der Waals surface area contributed by atoms with Gasteiger partial charge in [-0.25, -0.2) is 9.97 Å². The minimum Gasteiger partial charge on any atom is -0.406 e. The van der Waals surface area contributed by atoms with Gasteiger partial charge in [-0.3, -0.25) is 14.6 Å². The molecule has 0 spiro atoms. The number of pyridine rings is 1. The first kappa shape index (κ1) is 25.5. The van der Waals surface area contributed by atoms with Crippen LogP contribution < -0.4 is 15.4 Å². The maximum absolute atomic E-state index is 13.0. The molecule has 0 atom stereocenters. The average molecular weight is 530 g/mol.